The van der Waals surface area contributed by atoms with Gasteiger partial charge in [0.05, 0.1) is 5.56 Å². The zero-order valence-electron chi connectivity index (χ0n) is 27.9. The highest BCUT2D eigenvalue weighted by Gasteiger charge is 2.29. The molecule has 6 rings (SSSR count). The second kappa shape index (κ2) is 15.3. The average Bonchev–Trinajstić information content (AvgIpc) is 3.55. The monoisotopic (exact) mass is 645 g/mol. The molecule has 2 N–H and O–H groups in total. The molecule has 0 bridgehead atoms. The van der Waals surface area contributed by atoms with Gasteiger partial charge in [0.2, 0.25) is 5.76 Å². The van der Waals surface area contributed by atoms with Gasteiger partial charge in [-0.15, -0.1) is 0 Å². The molecule has 2 heterocycles. The molecule has 1 aromatic heterocycles. The molecular formula is C40H43N3O5. The van der Waals surface area contributed by atoms with E-state index in [1.54, 1.807) is 0 Å². The quantitative estimate of drug-likeness (QED) is 0.129. The Bertz CT molecular complexity index is 1840. The van der Waals surface area contributed by atoms with Gasteiger partial charge in [-0.2, -0.15) is 0 Å². The van der Waals surface area contributed by atoms with Gasteiger partial charge in [-0.25, -0.2) is 0 Å². The minimum atomic E-state index is -0.381. The Hall–Kier alpha value is -4.92. The minimum absolute atomic E-state index is 0.0210. The van der Waals surface area contributed by atoms with Gasteiger partial charge in [0, 0.05) is 37.9 Å². The smallest absolute Gasteiger partial charge is 0.290 e. The molecule has 0 unspecified atom stereocenters. The maximum Gasteiger partial charge on any atom is 0.290 e. The van der Waals surface area contributed by atoms with Crippen molar-refractivity contribution >= 4 is 5.91 Å². The van der Waals surface area contributed by atoms with E-state index in [2.05, 4.69) is 54.5 Å². The maximum absolute atomic E-state index is 13.6. The van der Waals surface area contributed by atoms with Crippen LogP contribution >= 0.6 is 0 Å². The number of fused-ring (bicyclic) bond motifs is 1. The normalized spacial score (nSPS) is 12.9. The Labute approximate surface area is 282 Å². The van der Waals surface area contributed by atoms with Gasteiger partial charge in [0.25, 0.3) is 5.91 Å². The van der Waals surface area contributed by atoms with Crippen molar-refractivity contribution in [1.82, 2.24) is 15.4 Å². The highest BCUT2D eigenvalue weighted by Crippen LogP contribution is 2.44. The molecule has 1 aliphatic heterocycles. The Balaban J connectivity index is 1.48. The molecule has 0 radical (unpaired) electrons. The van der Waals surface area contributed by atoms with Gasteiger partial charge >= 0.3 is 0 Å². The Kier molecular flexibility index (Phi) is 10.5. The van der Waals surface area contributed by atoms with Crippen LogP contribution in [-0.2, 0) is 26.2 Å². The lowest BCUT2D eigenvalue weighted by Gasteiger charge is -2.25. The molecule has 4 aromatic carbocycles. The molecule has 0 saturated heterocycles. The number of aliphatic hydroxyl groups excluding tert-OH is 1. The number of ether oxygens (including phenoxy) is 2. The van der Waals surface area contributed by atoms with E-state index in [1.165, 1.54) is 11.1 Å². The molecular weight excluding hydrogens is 602 g/mol. The van der Waals surface area contributed by atoms with E-state index in [-0.39, 0.29) is 24.2 Å². The first-order valence-electron chi connectivity index (χ1n) is 16.6. The minimum Gasteiger partial charge on any atom is -0.488 e. The Morgan fingerprint density at radius 2 is 1.60 bits per heavy atom. The van der Waals surface area contributed by atoms with E-state index >= 15 is 0 Å². The Morgan fingerprint density at radius 3 is 2.27 bits per heavy atom. The Morgan fingerprint density at radius 1 is 0.917 bits per heavy atom. The van der Waals surface area contributed by atoms with Crippen LogP contribution in [0.5, 0.6) is 11.5 Å². The van der Waals surface area contributed by atoms with E-state index in [0.717, 1.165) is 47.5 Å². The standard InChI is InChI=1S/C40H43N3O5/c1-27(2)33-22-34(36(47-26-29-13-8-5-9-14-29)23-35(33)46-25-28-11-6-4-7-12-28)38-37(39(48-42-38)40(45)41-18-10-20-44)31-15-16-32-24-43(3)19-17-30(32)21-31/h4-9,11-16,21-23,27,44H,10,17-20,24-26H2,1-3H3,(H,41,45). The zero-order valence-corrected chi connectivity index (χ0v) is 27.9. The summed E-state index contributed by atoms with van der Waals surface area (Å²) >= 11 is 0. The van der Waals surface area contributed by atoms with Crippen molar-refractivity contribution < 1.29 is 23.9 Å². The summed E-state index contributed by atoms with van der Waals surface area (Å²) in [5.74, 6) is 1.17. The molecule has 5 aromatic rings. The van der Waals surface area contributed by atoms with Crippen LogP contribution in [-0.4, -0.2) is 47.8 Å². The fourth-order valence-electron chi connectivity index (χ4n) is 6.04. The lowest BCUT2D eigenvalue weighted by atomic mass is 9.91. The third-order valence-corrected chi connectivity index (χ3v) is 8.68. The summed E-state index contributed by atoms with van der Waals surface area (Å²) < 4.78 is 18.9. The van der Waals surface area contributed by atoms with Crippen molar-refractivity contribution in [3.05, 3.63) is 125 Å². The molecule has 8 nitrogen and oxygen atoms in total. The molecule has 1 amide bonds. The largest absolute Gasteiger partial charge is 0.488 e. The van der Waals surface area contributed by atoms with Gasteiger partial charge < -0.3 is 29.3 Å². The highest BCUT2D eigenvalue weighted by atomic mass is 16.5. The molecule has 1 aliphatic rings. The molecule has 48 heavy (non-hydrogen) atoms. The van der Waals surface area contributed by atoms with Crippen molar-refractivity contribution in [2.75, 3.05) is 26.7 Å². The number of rotatable bonds is 13. The van der Waals surface area contributed by atoms with Crippen LogP contribution in [0.2, 0.25) is 0 Å². The van der Waals surface area contributed by atoms with Crippen LogP contribution < -0.4 is 14.8 Å². The lowest BCUT2D eigenvalue weighted by Crippen LogP contribution is -2.26. The summed E-state index contributed by atoms with van der Waals surface area (Å²) in [6.45, 7) is 7.13. The van der Waals surface area contributed by atoms with E-state index in [9.17, 15) is 9.90 Å². The van der Waals surface area contributed by atoms with E-state index < -0.39 is 0 Å². The van der Waals surface area contributed by atoms with Crippen LogP contribution in [0.25, 0.3) is 22.4 Å². The van der Waals surface area contributed by atoms with Crippen LogP contribution in [0.3, 0.4) is 0 Å². The summed E-state index contributed by atoms with van der Waals surface area (Å²) in [6, 6.07) is 30.4. The lowest BCUT2D eigenvalue weighted by molar-refractivity contribution is 0.0915. The molecule has 0 fully saturated rings. The van der Waals surface area contributed by atoms with Gasteiger partial charge in [-0.05, 0) is 65.3 Å². The topological polar surface area (TPSA) is 97.1 Å². The number of nitrogens with one attached hydrogen (secondary N) is 1. The molecule has 248 valence electrons. The number of carbonyl (C=O) groups excluding carboxylic acids is 1. The van der Waals surface area contributed by atoms with Crippen molar-refractivity contribution in [1.29, 1.82) is 0 Å². The fourth-order valence-corrected chi connectivity index (χ4v) is 6.04. The van der Waals surface area contributed by atoms with Crippen LogP contribution in [0.1, 0.15) is 64.6 Å². The van der Waals surface area contributed by atoms with Gasteiger partial charge in [-0.1, -0.05) is 97.9 Å². The number of amides is 1. The van der Waals surface area contributed by atoms with Crippen LogP contribution in [0.15, 0.2) is 95.5 Å². The number of nitrogens with zero attached hydrogens (tertiary/aromatic N) is 2. The summed E-state index contributed by atoms with van der Waals surface area (Å²) in [5, 5.41) is 16.8. The van der Waals surface area contributed by atoms with E-state index in [4.69, 9.17) is 14.0 Å². The van der Waals surface area contributed by atoms with E-state index in [0.29, 0.717) is 48.7 Å². The number of hydrogen-bond donors (Lipinski definition) is 2. The van der Waals surface area contributed by atoms with Crippen molar-refractivity contribution in [2.24, 2.45) is 0 Å². The fraction of sp³-hybridized carbons (Fsp3) is 0.300. The first-order chi connectivity index (χ1) is 23.4. The first-order valence-corrected chi connectivity index (χ1v) is 16.6. The van der Waals surface area contributed by atoms with Crippen molar-refractivity contribution in [3.8, 4) is 33.9 Å². The number of aromatic nitrogens is 1. The summed E-state index contributed by atoms with van der Waals surface area (Å²) in [4.78, 5) is 15.9. The van der Waals surface area contributed by atoms with Gasteiger partial charge in [0.15, 0.2) is 0 Å². The van der Waals surface area contributed by atoms with Crippen LogP contribution in [0.4, 0.5) is 0 Å². The highest BCUT2D eigenvalue weighted by molar-refractivity contribution is 6.02. The second-order valence-electron chi connectivity index (χ2n) is 12.6. The van der Waals surface area contributed by atoms with Gasteiger partial charge in [-0.3, -0.25) is 4.79 Å². The van der Waals surface area contributed by atoms with Crippen molar-refractivity contribution in [2.45, 2.75) is 52.4 Å². The van der Waals surface area contributed by atoms with Crippen molar-refractivity contribution in [3.63, 3.8) is 0 Å². The number of benzene rings is 4. The van der Waals surface area contributed by atoms with Gasteiger partial charge in [0.1, 0.15) is 30.4 Å². The molecule has 0 atom stereocenters. The average molecular weight is 646 g/mol. The number of aliphatic hydroxyl groups is 1. The molecule has 0 spiro atoms. The maximum atomic E-state index is 13.6. The molecule has 8 heteroatoms. The molecule has 0 saturated carbocycles. The summed E-state index contributed by atoms with van der Waals surface area (Å²) in [7, 11) is 2.13. The number of hydrogen-bond acceptors (Lipinski definition) is 7. The summed E-state index contributed by atoms with van der Waals surface area (Å²) in [6.07, 6.45) is 1.35. The van der Waals surface area contributed by atoms with Crippen LogP contribution in [0, 0.1) is 0 Å². The zero-order chi connectivity index (χ0) is 33.5. The number of likely N-dealkylation sites (N-methyl/N-ethyl adjacent to an activating group) is 1. The third kappa shape index (κ3) is 7.62. The predicted octanol–water partition coefficient (Wildman–Crippen LogP) is 7.39. The van der Waals surface area contributed by atoms with E-state index in [1.807, 2.05) is 72.8 Å². The first kappa shape index (κ1) is 33.0. The molecule has 0 aliphatic carbocycles. The number of carbonyl (C=O) groups is 1. The summed E-state index contributed by atoms with van der Waals surface area (Å²) in [5.41, 5.74) is 8.29. The predicted molar refractivity (Wildman–Crippen MR) is 187 cm³/mol. The SMILES string of the molecule is CC(C)c1cc(-c2noc(C(=O)NCCCO)c2-c2ccc3c(c2)CCN(C)C3)c(OCc2ccccc2)cc1OCc1ccccc1. The second-order valence-corrected chi connectivity index (χ2v) is 12.6. The third-order valence-electron chi connectivity index (χ3n) is 8.68.